The van der Waals surface area contributed by atoms with E-state index in [0.717, 1.165) is 32.5 Å². The van der Waals surface area contributed by atoms with Gasteiger partial charge in [0.25, 0.3) is 0 Å². The predicted molar refractivity (Wildman–Crippen MR) is 63.0 cm³/mol. The summed E-state index contributed by atoms with van der Waals surface area (Å²) >= 11 is 0. The molecule has 1 atom stereocenters. The molecule has 0 aromatic carbocycles. The molecule has 0 bridgehead atoms. The van der Waals surface area contributed by atoms with Crippen LogP contribution in [-0.2, 0) is 0 Å². The molecule has 2 nitrogen and oxygen atoms in total. The summed E-state index contributed by atoms with van der Waals surface area (Å²) in [5.74, 6) is 0. The third kappa shape index (κ3) is 5.73. The van der Waals surface area contributed by atoms with E-state index in [4.69, 9.17) is 0 Å². The molecule has 1 heterocycles. The van der Waals surface area contributed by atoms with E-state index in [0.29, 0.717) is 6.54 Å². The normalized spacial score (nSPS) is 28.1. The molecule has 0 spiro atoms. The van der Waals surface area contributed by atoms with Crippen molar-refractivity contribution in [2.75, 3.05) is 26.2 Å². The first-order valence-electron chi connectivity index (χ1n) is 6.39. The van der Waals surface area contributed by atoms with Gasteiger partial charge in [-0.2, -0.15) is 13.2 Å². The maximum Gasteiger partial charge on any atom is 0.389 e. The fraction of sp³-hybridized carbons (Fsp3) is 1.00. The predicted octanol–water partition coefficient (Wildman–Crippen LogP) is 2.79. The lowest BCUT2D eigenvalue weighted by atomic mass is 9.98. The molecule has 0 saturated carbocycles. The maximum atomic E-state index is 12.1. The lowest BCUT2D eigenvalue weighted by molar-refractivity contribution is -0.136. The summed E-state index contributed by atoms with van der Waals surface area (Å²) in [6, 6.07) is 0. The van der Waals surface area contributed by atoms with Gasteiger partial charge in [-0.1, -0.05) is 6.92 Å². The molecule has 5 heteroatoms. The Morgan fingerprint density at radius 3 is 2.65 bits per heavy atom. The van der Waals surface area contributed by atoms with Crippen LogP contribution in [-0.4, -0.2) is 42.8 Å². The van der Waals surface area contributed by atoms with Crippen molar-refractivity contribution in [2.24, 2.45) is 0 Å². The van der Waals surface area contributed by atoms with Crippen molar-refractivity contribution in [2.45, 2.75) is 51.2 Å². The van der Waals surface area contributed by atoms with Crippen molar-refractivity contribution in [3.8, 4) is 0 Å². The van der Waals surface area contributed by atoms with Gasteiger partial charge in [0.05, 0.1) is 0 Å². The third-order valence-corrected chi connectivity index (χ3v) is 3.49. The zero-order chi connectivity index (χ0) is 12.9. The third-order valence-electron chi connectivity index (χ3n) is 3.49. The van der Waals surface area contributed by atoms with Crippen LogP contribution in [0.3, 0.4) is 0 Å². The monoisotopic (exact) mass is 252 g/mol. The Kier molecular flexibility index (Phi) is 5.25. The minimum Gasteiger partial charge on any atom is -0.310 e. The van der Waals surface area contributed by atoms with E-state index in [1.807, 2.05) is 0 Å². The average Bonchev–Trinajstić information content (AvgIpc) is 2.39. The Morgan fingerprint density at radius 2 is 2.06 bits per heavy atom. The van der Waals surface area contributed by atoms with E-state index in [9.17, 15) is 13.2 Å². The molecule has 1 aliphatic rings. The van der Waals surface area contributed by atoms with Gasteiger partial charge in [0, 0.05) is 18.5 Å². The molecular weight excluding hydrogens is 229 g/mol. The largest absolute Gasteiger partial charge is 0.389 e. The number of alkyl halides is 3. The Labute approximate surface area is 102 Å². The van der Waals surface area contributed by atoms with E-state index < -0.39 is 12.6 Å². The van der Waals surface area contributed by atoms with Crippen molar-refractivity contribution < 1.29 is 13.2 Å². The standard InChI is InChI=1S/C12H23F3N2/c1-3-11(2)10-17(9-5-7-16-11)8-4-6-12(13,14)15/h16H,3-10H2,1-2H3. The van der Waals surface area contributed by atoms with Crippen molar-refractivity contribution >= 4 is 0 Å². The molecule has 1 fully saturated rings. The minimum atomic E-state index is -4.02. The van der Waals surface area contributed by atoms with E-state index in [1.165, 1.54) is 0 Å². The smallest absolute Gasteiger partial charge is 0.310 e. The molecule has 17 heavy (non-hydrogen) atoms. The summed E-state index contributed by atoms with van der Waals surface area (Å²) in [6.45, 7) is 7.53. The van der Waals surface area contributed by atoms with E-state index in [1.54, 1.807) is 0 Å². The second-order valence-electron chi connectivity index (χ2n) is 5.19. The Balaban J connectivity index is 2.36. The van der Waals surface area contributed by atoms with Gasteiger partial charge in [-0.3, -0.25) is 0 Å². The fourth-order valence-corrected chi connectivity index (χ4v) is 2.25. The highest BCUT2D eigenvalue weighted by Gasteiger charge is 2.29. The number of halogens is 3. The van der Waals surface area contributed by atoms with E-state index in [2.05, 4.69) is 24.1 Å². The summed E-state index contributed by atoms with van der Waals surface area (Å²) < 4.78 is 36.2. The van der Waals surface area contributed by atoms with Crippen LogP contribution in [0.1, 0.15) is 39.5 Å². The minimum absolute atomic E-state index is 0.0503. The molecule has 1 unspecified atom stereocenters. The van der Waals surface area contributed by atoms with Crippen molar-refractivity contribution in [3.05, 3.63) is 0 Å². The summed E-state index contributed by atoms with van der Waals surface area (Å²) in [5.41, 5.74) is 0.0503. The second-order valence-corrected chi connectivity index (χ2v) is 5.19. The van der Waals surface area contributed by atoms with E-state index >= 15 is 0 Å². The Hall–Kier alpha value is -0.290. The Morgan fingerprint density at radius 1 is 1.35 bits per heavy atom. The number of rotatable bonds is 4. The van der Waals surface area contributed by atoms with Crippen LogP contribution in [0.4, 0.5) is 13.2 Å². The van der Waals surface area contributed by atoms with Gasteiger partial charge in [-0.25, -0.2) is 0 Å². The zero-order valence-corrected chi connectivity index (χ0v) is 10.7. The molecule has 1 N–H and O–H groups in total. The molecule has 0 radical (unpaired) electrons. The average molecular weight is 252 g/mol. The number of nitrogens with one attached hydrogen (secondary N) is 1. The first-order chi connectivity index (χ1) is 7.85. The number of hydrogen-bond acceptors (Lipinski definition) is 2. The number of hydrogen-bond donors (Lipinski definition) is 1. The molecule has 0 aromatic rings. The molecule has 1 rings (SSSR count). The van der Waals surface area contributed by atoms with Gasteiger partial charge in [-0.15, -0.1) is 0 Å². The summed E-state index contributed by atoms with van der Waals surface area (Å²) in [4.78, 5) is 2.16. The zero-order valence-electron chi connectivity index (χ0n) is 10.7. The van der Waals surface area contributed by atoms with Crippen LogP contribution in [0.15, 0.2) is 0 Å². The van der Waals surface area contributed by atoms with Crippen LogP contribution in [0.5, 0.6) is 0 Å². The first kappa shape index (κ1) is 14.8. The fourth-order valence-electron chi connectivity index (χ4n) is 2.25. The van der Waals surface area contributed by atoms with Gasteiger partial charge in [0.1, 0.15) is 0 Å². The molecule has 0 amide bonds. The van der Waals surface area contributed by atoms with Crippen molar-refractivity contribution in [3.63, 3.8) is 0 Å². The summed E-state index contributed by atoms with van der Waals surface area (Å²) in [7, 11) is 0. The SMILES string of the molecule is CCC1(C)CN(CCCC(F)(F)F)CCCN1. The van der Waals surface area contributed by atoms with Gasteiger partial charge in [-0.05, 0) is 45.8 Å². The van der Waals surface area contributed by atoms with Gasteiger partial charge >= 0.3 is 6.18 Å². The lowest BCUT2D eigenvalue weighted by Crippen LogP contribution is -2.48. The quantitative estimate of drug-likeness (QED) is 0.827. The molecule has 0 aromatic heterocycles. The molecule has 1 saturated heterocycles. The van der Waals surface area contributed by atoms with Gasteiger partial charge in [0.2, 0.25) is 0 Å². The van der Waals surface area contributed by atoms with E-state index in [-0.39, 0.29) is 12.0 Å². The van der Waals surface area contributed by atoms with Crippen LogP contribution in [0, 0.1) is 0 Å². The summed E-state index contributed by atoms with van der Waals surface area (Å²) in [5, 5.41) is 3.48. The van der Waals surface area contributed by atoms with Crippen molar-refractivity contribution in [1.82, 2.24) is 10.2 Å². The van der Waals surface area contributed by atoms with Crippen LogP contribution < -0.4 is 5.32 Å². The lowest BCUT2D eigenvalue weighted by Gasteiger charge is -2.32. The van der Waals surface area contributed by atoms with Crippen LogP contribution in [0.25, 0.3) is 0 Å². The van der Waals surface area contributed by atoms with Crippen LogP contribution in [0.2, 0.25) is 0 Å². The molecule has 1 aliphatic heterocycles. The highest BCUT2D eigenvalue weighted by molar-refractivity contribution is 4.87. The summed E-state index contributed by atoms with van der Waals surface area (Å²) in [6.07, 6.45) is -2.45. The van der Waals surface area contributed by atoms with Gasteiger partial charge < -0.3 is 10.2 Å². The number of nitrogens with zero attached hydrogens (tertiary/aromatic N) is 1. The van der Waals surface area contributed by atoms with Crippen molar-refractivity contribution in [1.29, 1.82) is 0 Å². The highest BCUT2D eigenvalue weighted by Crippen LogP contribution is 2.22. The second kappa shape index (κ2) is 6.05. The molecule has 102 valence electrons. The maximum absolute atomic E-state index is 12.1. The molecular formula is C12H23F3N2. The molecule has 0 aliphatic carbocycles. The topological polar surface area (TPSA) is 15.3 Å². The highest BCUT2D eigenvalue weighted by atomic mass is 19.4. The van der Waals surface area contributed by atoms with Crippen LogP contribution >= 0.6 is 0 Å². The Bertz CT molecular complexity index is 230. The first-order valence-corrected chi connectivity index (χ1v) is 6.39. The van der Waals surface area contributed by atoms with Gasteiger partial charge in [0.15, 0.2) is 0 Å².